The second-order valence-electron chi connectivity index (χ2n) is 8.72. The van der Waals surface area contributed by atoms with Gasteiger partial charge in [-0.05, 0) is 76.5 Å². The zero-order chi connectivity index (χ0) is 22.1. The highest BCUT2D eigenvalue weighted by atomic mass is 16.6. The highest BCUT2D eigenvalue weighted by molar-refractivity contribution is 5.80. The predicted molar refractivity (Wildman–Crippen MR) is 114 cm³/mol. The van der Waals surface area contributed by atoms with Gasteiger partial charge in [-0.3, -0.25) is 9.59 Å². The van der Waals surface area contributed by atoms with Crippen LogP contribution in [0, 0.1) is 0 Å². The smallest absolute Gasteiger partial charge is 0.407 e. The van der Waals surface area contributed by atoms with Crippen molar-refractivity contribution < 1.29 is 23.9 Å². The summed E-state index contributed by atoms with van der Waals surface area (Å²) in [7, 11) is 0. The van der Waals surface area contributed by atoms with E-state index in [0.29, 0.717) is 13.0 Å². The second-order valence-corrected chi connectivity index (χ2v) is 8.72. The van der Waals surface area contributed by atoms with Gasteiger partial charge in [0.2, 0.25) is 0 Å². The van der Waals surface area contributed by atoms with Crippen molar-refractivity contribution in [2.45, 2.75) is 77.9 Å². The van der Waals surface area contributed by atoms with Crippen molar-refractivity contribution >= 4 is 18.0 Å². The molecule has 0 fully saturated rings. The molecule has 0 spiro atoms. The van der Waals surface area contributed by atoms with Crippen LogP contribution in [0.4, 0.5) is 4.79 Å². The van der Waals surface area contributed by atoms with Crippen molar-refractivity contribution in [3.8, 4) is 0 Å². The van der Waals surface area contributed by atoms with Crippen LogP contribution in [0.1, 0.15) is 76.1 Å². The van der Waals surface area contributed by atoms with Crippen molar-refractivity contribution in [1.29, 1.82) is 0 Å². The lowest BCUT2D eigenvalue weighted by atomic mass is 9.89. The Morgan fingerprint density at radius 2 is 1.80 bits per heavy atom. The van der Waals surface area contributed by atoms with Gasteiger partial charge in [0.25, 0.3) is 5.91 Å². The van der Waals surface area contributed by atoms with Gasteiger partial charge >= 0.3 is 12.1 Å². The number of aryl methyl sites for hydroxylation is 2. The van der Waals surface area contributed by atoms with Gasteiger partial charge in [0.05, 0.1) is 6.04 Å². The van der Waals surface area contributed by atoms with E-state index in [1.165, 1.54) is 24.0 Å². The quantitative estimate of drug-likeness (QED) is 0.497. The topological polar surface area (TPSA) is 93.7 Å². The lowest BCUT2D eigenvalue weighted by Crippen LogP contribution is -2.33. The number of amides is 2. The summed E-state index contributed by atoms with van der Waals surface area (Å²) in [6.07, 6.45) is 4.66. The monoisotopic (exact) mass is 418 g/mol. The largest absolute Gasteiger partial charge is 0.456 e. The Morgan fingerprint density at radius 3 is 2.50 bits per heavy atom. The van der Waals surface area contributed by atoms with Gasteiger partial charge < -0.3 is 20.1 Å². The number of carbonyl (C=O) groups is 3. The molecule has 7 heteroatoms. The van der Waals surface area contributed by atoms with E-state index in [9.17, 15) is 14.4 Å². The molecule has 30 heavy (non-hydrogen) atoms. The van der Waals surface area contributed by atoms with Crippen molar-refractivity contribution in [2.24, 2.45) is 0 Å². The third kappa shape index (κ3) is 8.43. The van der Waals surface area contributed by atoms with Crippen LogP contribution in [0.25, 0.3) is 0 Å². The molecule has 0 radical (unpaired) electrons. The van der Waals surface area contributed by atoms with E-state index in [1.54, 1.807) is 20.8 Å². The Labute approximate surface area is 178 Å². The summed E-state index contributed by atoms with van der Waals surface area (Å²) >= 11 is 0. The predicted octanol–water partition coefficient (Wildman–Crippen LogP) is 3.59. The van der Waals surface area contributed by atoms with Crippen molar-refractivity contribution in [2.75, 3.05) is 13.2 Å². The van der Waals surface area contributed by atoms with E-state index in [1.807, 2.05) is 6.92 Å². The SMILES string of the molecule is C[C@H](NC(=O)COC(=O)CCCNC(=O)OC(C)(C)C)c1ccc2c(c1)CCCC2. The molecular weight excluding hydrogens is 384 g/mol. The summed E-state index contributed by atoms with van der Waals surface area (Å²) in [4.78, 5) is 35.4. The number of nitrogens with one attached hydrogen (secondary N) is 2. The molecule has 1 aromatic carbocycles. The van der Waals surface area contributed by atoms with Crippen LogP contribution < -0.4 is 10.6 Å². The minimum atomic E-state index is -0.563. The lowest BCUT2D eigenvalue weighted by Gasteiger charge is -2.20. The van der Waals surface area contributed by atoms with Gasteiger partial charge in [0.15, 0.2) is 6.61 Å². The first-order valence-electron chi connectivity index (χ1n) is 10.7. The molecule has 1 aliphatic carbocycles. The van der Waals surface area contributed by atoms with E-state index >= 15 is 0 Å². The number of esters is 1. The molecule has 0 unspecified atom stereocenters. The standard InChI is InChI=1S/C23H34N2O5/c1-16(18-12-11-17-8-5-6-9-19(17)14-18)25-20(26)15-29-21(27)10-7-13-24-22(28)30-23(2,3)4/h11-12,14,16H,5-10,13,15H2,1-4H3,(H,24,28)(H,25,26)/t16-/m0/s1. The Bertz CT molecular complexity index is 754. The third-order valence-corrected chi connectivity index (χ3v) is 4.84. The molecule has 1 aliphatic rings. The van der Waals surface area contributed by atoms with Gasteiger partial charge in [-0.15, -0.1) is 0 Å². The molecule has 0 heterocycles. The molecule has 0 aromatic heterocycles. The lowest BCUT2D eigenvalue weighted by molar-refractivity contribution is -0.148. The molecule has 1 atom stereocenters. The molecule has 0 saturated heterocycles. The molecule has 0 saturated carbocycles. The summed E-state index contributed by atoms with van der Waals surface area (Å²) in [5.41, 5.74) is 3.26. The number of carbonyl (C=O) groups excluding carboxylic acids is 3. The third-order valence-electron chi connectivity index (χ3n) is 4.84. The fraction of sp³-hybridized carbons (Fsp3) is 0.609. The fourth-order valence-corrected chi connectivity index (χ4v) is 3.34. The van der Waals surface area contributed by atoms with Gasteiger partial charge in [0, 0.05) is 13.0 Å². The zero-order valence-corrected chi connectivity index (χ0v) is 18.5. The Morgan fingerprint density at radius 1 is 1.10 bits per heavy atom. The maximum atomic E-state index is 12.1. The molecule has 2 amide bonds. The maximum absolute atomic E-state index is 12.1. The van der Waals surface area contributed by atoms with E-state index in [0.717, 1.165) is 18.4 Å². The van der Waals surface area contributed by atoms with Crippen molar-refractivity contribution in [1.82, 2.24) is 10.6 Å². The molecule has 1 aromatic rings. The molecule has 7 nitrogen and oxygen atoms in total. The number of hydrogen-bond acceptors (Lipinski definition) is 5. The number of fused-ring (bicyclic) bond motifs is 1. The van der Waals surface area contributed by atoms with Gasteiger partial charge in [0.1, 0.15) is 5.60 Å². The van der Waals surface area contributed by atoms with Crippen molar-refractivity contribution in [3.05, 3.63) is 34.9 Å². The van der Waals surface area contributed by atoms with E-state index in [4.69, 9.17) is 9.47 Å². The Balaban J connectivity index is 1.64. The van der Waals surface area contributed by atoms with E-state index < -0.39 is 17.7 Å². The van der Waals surface area contributed by atoms with Crippen LogP contribution in [-0.4, -0.2) is 36.7 Å². The fourth-order valence-electron chi connectivity index (χ4n) is 3.34. The van der Waals surface area contributed by atoms with Gasteiger partial charge in [-0.25, -0.2) is 4.79 Å². The first kappa shape index (κ1) is 23.7. The highest BCUT2D eigenvalue weighted by Gasteiger charge is 2.17. The first-order valence-corrected chi connectivity index (χ1v) is 10.7. The molecule has 2 N–H and O–H groups in total. The minimum Gasteiger partial charge on any atom is -0.456 e. The first-order chi connectivity index (χ1) is 14.1. The molecular formula is C23H34N2O5. The van der Waals surface area contributed by atoms with Crippen molar-refractivity contribution in [3.63, 3.8) is 0 Å². The van der Waals surface area contributed by atoms with Crippen LogP contribution in [0.15, 0.2) is 18.2 Å². The average Bonchev–Trinajstić information content (AvgIpc) is 2.68. The normalized spacial score (nSPS) is 14.3. The summed E-state index contributed by atoms with van der Waals surface area (Å²) in [6, 6.07) is 6.22. The van der Waals surface area contributed by atoms with E-state index in [-0.39, 0.29) is 25.0 Å². The number of alkyl carbamates (subject to hydrolysis) is 1. The zero-order valence-electron chi connectivity index (χ0n) is 18.5. The number of hydrogen-bond donors (Lipinski definition) is 2. The molecule has 2 rings (SSSR count). The number of rotatable bonds is 8. The summed E-state index contributed by atoms with van der Waals surface area (Å²) in [5.74, 6) is -0.807. The summed E-state index contributed by atoms with van der Waals surface area (Å²) < 4.78 is 10.1. The highest BCUT2D eigenvalue weighted by Crippen LogP contribution is 2.24. The van der Waals surface area contributed by atoms with Crippen LogP contribution in [-0.2, 0) is 31.9 Å². The van der Waals surface area contributed by atoms with Gasteiger partial charge in [-0.1, -0.05) is 18.2 Å². The van der Waals surface area contributed by atoms with E-state index in [2.05, 4.69) is 28.8 Å². The van der Waals surface area contributed by atoms with Crippen LogP contribution >= 0.6 is 0 Å². The Kier molecular flexibility index (Phi) is 8.69. The molecule has 0 bridgehead atoms. The van der Waals surface area contributed by atoms with Crippen LogP contribution in [0.3, 0.4) is 0 Å². The number of ether oxygens (including phenoxy) is 2. The molecule has 166 valence electrons. The average molecular weight is 419 g/mol. The minimum absolute atomic E-state index is 0.115. The summed E-state index contributed by atoms with van der Waals surface area (Å²) in [6.45, 7) is 7.25. The maximum Gasteiger partial charge on any atom is 0.407 e. The van der Waals surface area contributed by atoms with Crippen LogP contribution in [0.5, 0.6) is 0 Å². The van der Waals surface area contributed by atoms with Crippen LogP contribution in [0.2, 0.25) is 0 Å². The summed E-state index contributed by atoms with van der Waals surface area (Å²) in [5, 5.41) is 5.45. The second kappa shape index (κ2) is 11.0. The molecule has 0 aliphatic heterocycles. The van der Waals surface area contributed by atoms with Gasteiger partial charge in [-0.2, -0.15) is 0 Å². The number of benzene rings is 1. The Hall–Kier alpha value is -2.57.